The number of nitrogen functional groups attached to an aromatic ring is 1. The molecular weight excluding hydrogens is 178 g/mol. The fraction of sp³-hybridized carbons (Fsp3) is 0. The fourth-order valence-electron chi connectivity index (χ4n) is 0.793. The van der Waals surface area contributed by atoms with Crippen molar-refractivity contribution in [3.05, 3.63) is 28.3 Å². The van der Waals surface area contributed by atoms with Gasteiger partial charge in [0, 0.05) is 11.0 Å². The lowest BCUT2D eigenvalue weighted by Gasteiger charge is -2.00. The zero-order chi connectivity index (χ0) is 9.14. The Kier molecular flexibility index (Phi) is 2.51. The molecule has 64 valence electrons. The van der Waals surface area contributed by atoms with Crippen molar-refractivity contribution in [2.75, 3.05) is 5.43 Å². The summed E-state index contributed by atoms with van der Waals surface area (Å²) >= 11 is 3.96. The number of anilines is 1. The highest BCUT2D eigenvalue weighted by Gasteiger charge is 2.11. The van der Waals surface area contributed by atoms with Crippen LogP contribution in [0, 0.1) is 10.1 Å². The van der Waals surface area contributed by atoms with Crippen molar-refractivity contribution in [2.24, 2.45) is 5.84 Å². The maximum absolute atomic E-state index is 10.4. The molecule has 0 radical (unpaired) electrons. The minimum atomic E-state index is -0.519. The third-order valence-corrected chi connectivity index (χ3v) is 1.61. The maximum Gasteiger partial charge on any atom is 0.294 e. The highest BCUT2D eigenvalue weighted by atomic mass is 32.1. The molecule has 0 unspecified atom stereocenters. The predicted octanol–water partition coefficient (Wildman–Crippen LogP) is 1.17. The van der Waals surface area contributed by atoms with E-state index in [9.17, 15) is 10.1 Å². The summed E-state index contributed by atoms with van der Waals surface area (Å²) in [5, 5.41) is 10.4. The molecule has 5 nitrogen and oxygen atoms in total. The number of nitrogens with one attached hydrogen (secondary N) is 1. The average molecular weight is 185 g/mol. The molecule has 12 heavy (non-hydrogen) atoms. The quantitative estimate of drug-likeness (QED) is 0.279. The lowest BCUT2D eigenvalue weighted by molar-refractivity contribution is -0.384. The number of nitrogens with zero attached hydrogens (tertiary/aromatic N) is 1. The van der Waals surface area contributed by atoms with Crippen LogP contribution < -0.4 is 11.3 Å². The van der Waals surface area contributed by atoms with Crippen molar-refractivity contribution in [1.29, 1.82) is 0 Å². The van der Waals surface area contributed by atoms with Crippen molar-refractivity contribution < 1.29 is 4.92 Å². The molecular formula is C6H7N3O2S. The van der Waals surface area contributed by atoms with Crippen molar-refractivity contribution >= 4 is 24.0 Å². The first kappa shape index (κ1) is 8.82. The summed E-state index contributed by atoms with van der Waals surface area (Å²) in [4.78, 5) is 10.4. The smallest absolute Gasteiger partial charge is 0.294 e. The Labute approximate surface area is 74.1 Å². The van der Waals surface area contributed by atoms with E-state index in [0.717, 1.165) is 0 Å². The minimum Gasteiger partial charge on any atom is -0.318 e. The van der Waals surface area contributed by atoms with Crippen LogP contribution >= 0.6 is 12.6 Å². The van der Waals surface area contributed by atoms with Gasteiger partial charge in [-0.05, 0) is 12.1 Å². The van der Waals surface area contributed by atoms with E-state index in [1.807, 2.05) is 0 Å². The van der Waals surface area contributed by atoms with E-state index >= 15 is 0 Å². The van der Waals surface area contributed by atoms with Crippen molar-refractivity contribution in [3.8, 4) is 0 Å². The van der Waals surface area contributed by atoms with Crippen LogP contribution in [0.3, 0.4) is 0 Å². The largest absolute Gasteiger partial charge is 0.318 e. The molecule has 3 N–H and O–H groups in total. The van der Waals surface area contributed by atoms with E-state index in [-0.39, 0.29) is 11.4 Å². The van der Waals surface area contributed by atoms with Gasteiger partial charge in [-0.2, -0.15) is 0 Å². The van der Waals surface area contributed by atoms with E-state index in [1.54, 1.807) is 6.07 Å². The van der Waals surface area contributed by atoms with Crippen LogP contribution in [0.4, 0.5) is 11.4 Å². The third-order valence-electron chi connectivity index (χ3n) is 1.33. The van der Waals surface area contributed by atoms with Gasteiger partial charge in [0.05, 0.1) is 4.92 Å². The van der Waals surface area contributed by atoms with Crippen molar-refractivity contribution in [1.82, 2.24) is 0 Å². The third kappa shape index (κ3) is 1.66. The number of rotatable bonds is 2. The number of hydrogen-bond acceptors (Lipinski definition) is 5. The van der Waals surface area contributed by atoms with E-state index in [4.69, 9.17) is 5.84 Å². The monoisotopic (exact) mass is 185 g/mol. The highest BCUT2D eigenvalue weighted by molar-refractivity contribution is 7.80. The zero-order valence-corrected chi connectivity index (χ0v) is 6.91. The van der Waals surface area contributed by atoms with Gasteiger partial charge in [-0.3, -0.25) is 16.0 Å². The molecule has 0 aliphatic carbocycles. The minimum absolute atomic E-state index is 0.0787. The number of thiol groups is 1. The first-order valence-corrected chi connectivity index (χ1v) is 3.54. The summed E-state index contributed by atoms with van der Waals surface area (Å²) in [5.74, 6) is 5.06. The summed E-state index contributed by atoms with van der Waals surface area (Å²) in [5.41, 5.74) is 2.43. The van der Waals surface area contributed by atoms with E-state index in [0.29, 0.717) is 4.90 Å². The number of hydrogen-bond donors (Lipinski definition) is 3. The van der Waals surface area contributed by atoms with Gasteiger partial charge in [-0.15, -0.1) is 12.6 Å². The topological polar surface area (TPSA) is 81.2 Å². The molecule has 0 heterocycles. The van der Waals surface area contributed by atoms with E-state index in [1.165, 1.54) is 12.1 Å². The number of benzene rings is 1. The van der Waals surface area contributed by atoms with Gasteiger partial charge in [0.15, 0.2) is 0 Å². The fourth-order valence-corrected chi connectivity index (χ4v) is 0.990. The van der Waals surface area contributed by atoms with Gasteiger partial charge in [0.1, 0.15) is 5.69 Å². The molecule has 0 spiro atoms. The maximum atomic E-state index is 10.4. The molecule has 0 atom stereocenters. The first-order valence-electron chi connectivity index (χ1n) is 3.09. The van der Waals surface area contributed by atoms with Crippen LogP contribution in [0.15, 0.2) is 23.1 Å². The Morgan fingerprint density at radius 1 is 1.58 bits per heavy atom. The number of hydrazine groups is 1. The average Bonchev–Trinajstić information content (AvgIpc) is 2.04. The second-order valence-electron chi connectivity index (χ2n) is 2.10. The van der Waals surface area contributed by atoms with Crippen molar-refractivity contribution in [2.45, 2.75) is 4.90 Å². The van der Waals surface area contributed by atoms with Crippen LogP contribution in [0.2, 0.25) is 0 Å². The Morgan fingerprint density at radius 2 is 2.25 bits per heavy atom. The predicted molar refractivity (Wildman–Crippen MR) is 48.2 cm³/mol. The summed E-state index contributed by atoms with van der Waals surface area (Å²) in [6.07, 6.45) is 0. The molecule has 0 aromatic heterocycles. The van der Waals surface area contributed by atoms with E-state index < -0.39 is 4.92 Å². The lowest BCUT2D eigenvalue weighted by Crippen LogP contribution is -2.08. The van der Waals surface area contributed by atoms with E-state index in [2.05, 4.69) is 18.1 Å². The second-order valence-corrected chi connectivity index (χ2v) is 2.62. The van der Waals surface area contributed by atoms with Crippen molar-refractivity contribution in [3.63, 3.8) is 0 Å². The molecule has 0 bridgehead atoms. The Bertz CT molecular complexity index is 316. The van der Waals surface area contributed by atoms with Crippen LogP contribution in [0.1, 0.15) is 0 Å². The number of nitro groups is 1. The van der Waals surface area contributed by atoms with Gasteiger partial charge in [0.25, 0.3) is 5.69 Å². The summed E-state index contributed by atoms with van der Waals surface area (Å²) in [7, 11) is 0. The summed E-state index contributed by atoms with van der Waals surface area (Å²) < 4.78 is 0. The SMILES string of the molecule is NNc1ccc(S)cc1[N+](=O)[O-]. The summed E-state index contributed by atoms with van der Waals surface area (Å²) in [6.45, 7) is 0. The van der Waals surface area contributed by atoms with Gasteiger partial charge >= 0.3 is 0 Å². The summed E-state index contributed by atoms with van der Waals surface area (Å²) in [6, 6.07) is 4.45. The molecule has 0 saturated carbocycles. The Hall–Kier alpha value is -1.27. The van der Waals surface area contributed by atoms with Gasteiger partial charge in [0.2, 0.25) is 0 Å². The molecule has 0 aliphatic heterocycles. The van der Waals surface area contributed by atoms with Gasteiger partial charge in [-0.1, -0.05) is 0 Å². The number of nitrogens with two attached hydrogens (primary N) is 1. The second kappa shape index (κ2) is 3.42. The molecule has 0 amide bonds. The lowest BCUT2D eigenvalue weighted by atomic mass is 10.3. The number of nitro benzene ring substituents is 1. The first-order chi connectivity index (χ1) is 5.65. The van der Waals surface area contributed by atoms with Gasteiger partial charge in [-0.25, -0.2) is 0 Å². The van der Waals surface area contributed by atoms with Crippen LogP contribution in [0.25, 0.3) is 0 Å². The normalized spacial score (nSPS) is 9.50. The molecule has 6 heteroatoms. The van der Waals surface area contributed by atoms with Crippen LogP contribution in [-0.2, 0) is 0 Å². The van der Waals surface area contributed by atoms with Gasteiger partial charge < -0.3 is 5.43 Å². The zero-order valence-electron chi connectivity index (χ0n) is 6.02. The standard InChI is InChI=1S/C6H7N3O2S/c7-8-5-2-1-4(12)3-6(5)9(10)11/h1-3,8,12H,7H2. The van der Waals surface area contributed by atoms with Crippen LogP contribution in [-0.4, -0.2) is 4.92 Å². The molecule has 0 saturated heterocycles. The molecule has 1 rings (SSSR count). The Morgan fingerprint density at radius 3 is 2.75 bits per heavy atom. The molecule has 0 aliphatic rings. The molecule has 0 fully saturated rings. The molecule has 1 aromatic carbocycles. The molecule has 1 aromatic rings. The highest BCUT2D eigenvalue weighted by Crippen LogP contribution is 2.25. The Balaban J connectivity index is 3.21. The van der Waals surface area contributed by atoms with Crippen LogP contribution in [0.5, 0.6) is 0 Å².